The fraction of sp³-hybridized carbons (Fsp3) is 0.0500. The van der Waals surface area contributed by atoms with Gasteiger partial charge >= 0.3 is 0 Å². The maximum atomic E-state index is 13.7. The van der Waals surface area contributed by atoms with Crippen LogP contribution in [0.5, 0.6) is 0 Å². The van der Waals surface area contributed by atoms with Crippen LogP contribution in [-0.4, -0.2) is 16.7 Å². The predicted octanol–water partition coefficient (Wildman–Crippen LogP) is 4.70. The van der Waals surface area contributed by atoms with Gasteiger partial charge in [-0.2, -0.15) is 0 Å². The number of nitrogens with zero attached hydrogens (tertiary/aromatic N) is 1. The molecule has 5 nitrogen and oxygen atoms in total. The summed E-state index contributed by atoms with van der Waals surface area (Å²) >= 11 is 0. The van der Waals surface area contributed by atoms with Crippen LogP contribution in [0.1, 0.15) is 27.8 Å². The number of carbonyl (C=O) groups excluding carboxylic acids is 2. The lowest BCUT2D eigenvalue weighted by molar-refractivity contribution is 0.101. The Balaban J connectivity index is 1.79. The van der Waals surface area contributed by atoms with Crippen molar-refractivity contribution in [1.29, 1.82) is 0 Å². The lowest BCUT2D eigenvalue weighted by atomic mass is 10.1. The van der Waals surface area contributed by atoms with E-state index in [1.165, 1.54) is 19.2 Å². The van der Waals surface area contributed by atoms with Crippen molar-refractivity contribution in [2.75, 3.05) is 10.6 Å². The van der Waals surface area contributed by atoms with Gasteiger partial charge in [-0.25, -0.2) is 13.2 Å². The minimum atomic E-state index is -1.67. The Morgan fingerprint density at radius 1 is 0.929 bits per heavy atom. The first kappa shape index (κ1) is 19.1. The highest BCUT2D eigenvalue weighted by Gasteiger charge is 2.17. The van der Waals surface area contributed by atoms with Crippen LogP contribution < -0.4 is 10.6 Å². The molecule has 3 aromatic rings. The molecule has 0 aliphatic heterocycles. The molecule has 0 atom stereocenters. The van der Waals surface area contributed by atoms with Crippen LogP contribution in [0.2, 0.25) is 0 Å². The fourth-order valence-electron chi connectivity index (χ4n) is 2.42. The van der Waals surface area contributed by atoms with E-state index in [-0.39, 0.29) is 11.5 Å². The molecular weight excluding hydrogens is 371 g/mol. The number of ketones is 1. The van der Waals surface area contributed by atoms with Gasteiger partial charge in [-0.05, 0) is 43.3 Å². The first-order valence-corrected chi connectivity index (χ1v) is 8.14. The Hall–Kier alpha value is -3.68. The molecule has 0 saturated carbocycles. The third-order valence-corrected chi connectivity index (χ3v) is 3.83. The van der Waals surface area contributed by atoms with E-state index in [0.717, 1.165) is 6.07 Å². The van der Waals surface area contributed by atoms with Gasteiger partial charge in [0.1, 0.15) is 5.69 Å². The zero-order chi connectivity index (χ0) is 20.3. The number of Topliss-reactive ketones (excluding diaryl/α,β-unsaturated/α-hetero) is 1. The second-order valence-corrected chi connectivity index (χ2v) is 5.87. The van der Waals surface area contributed by atoms with E-state index >= 15 is 0 Å². The highest BCUT2D eigenvalue weighted by molar-refractivity contribution is 6.03. The average molecular weight is 385 g/mol. The largest absolute Gasteiger partial charge is 0.355 e. The van der Waals surface area contributed by atoms with Crippen molar-refractivity contribution in [1.82, 2.24) is 4.98 Å². The first-order chi connectivity index (χ1) is 13.3. The van der Waals surface area contributed by atoms with Gasteiger partial charge < -0.3 is 10.6 Å². The number of nitrogens with one attached hydrogen (secondary N) is 2. The van der Waals surface area contributed by atoms with E-state index in [1.54, 1.807) is 30.3 Å². The van der Waals surface area contributed by atoms with E-state index in [0.29, 0.717) is 23.0 Å². The summed E-state index contributed by atoms with van der Waals surface area (Å²) < 4.78 is 40.0. The molecule has 0 unspecified atom stereocenters. The predicted molar refractivity (Wildman–Crippen MR) is 98.2 cm³/mol. The van der Waals surface area contributed by atoms with Crippen molar-refractivity contribution in [2.45, 2.75) is 6.92 Å². The standard InChI is InChI=1S/C20H14F3N3O2/c1-11(27)12-3-2-4-13(9-12)25-14-7-8-24-17(10-14)20(28)26-16-6-5-15(21)18(22)19(16)23/h2-10H,1H3,(H,24,25)(H,26,28). The lowest BCUT2D eigenvalue weighted by Gasteiger charge is -2.10. The summed E-state index contributed by atoms with van der Waals surface area (Å²) in [4.78, 5) is 27.6. The van der Waals surface area contributed by atoms with Gasteiger partial charge in [-0.15, -0.1) is 0 Å². The van der Waals surface area contributed by atoms with Crippen LogP contribution >= 0.6 is 0 Å². The summed E-state index contributed by atoms with van der Waals surface area (Å²) in [5, 5.41) is 5.18. The van der Waals surface area contributed by atoms with Gasteiger partial charge in [0.2, 0.25) is 0 Å². The number of anilines is 3. The molecule has 0 fully saturated rings. The van der Waals surface area contributed by atoms with E-state index < -0.39 is 29.0 Å². The van der Waals surface area contributed by atoms with Crippen molar-refractivity contribution in [2.24, 2.45) is 0 Å². The number of hydrogen-bond donors (Lipinski definition) is 2. The summed E-state index contributed by atoms with van der Waals surface area (Å²) in [6.07, 6.45) is 1.35. The second-order valence-electron chi connectivity index (χ2n) is 5.87. The maximum Gasteiger partial charge on any atom is 0.274 e. The summed E-state index contributed by atoms with van der Waals surface area (Å²) in [5.41, 5.74) is 1.06. The average Bonchev–Trinajstić information content (AvgIpc) is 2.69. The molecule has 0 spiro atoms. The summed E-state index contributed by atoms with van der Waals surface area (Å²) in [7, 11) is 0. The number of halogens is 3. The number of carbonyl (C=O) groups is 2. The molecule has 1 heterocycles. The minimum absolute atomic E-state index is 0.0724. The number of hydrogen-bond acceptors (Lipinski definition) is 4. The lowest BCUT2D eigenvalue weighted by Crippen LogP contribution is -2.15. The molecule has 0 aliphatic rings. The maximum absolute atomic E-state index is 13.7. The molecule has 0 saturated heterocycles. The molecule has 8 heteroatoms. The topological polar surface area (TPSA) is 71.1 Å². The number of pyridine rings is 1. The SMILES string of the molecule is CC(=O)c1cccc(Nc2ccnc(C(=O)Nc3ccc(F)c(F)c3F)c2)c1. The summed E-state index contributed by atoms with van der Waals surface area (Å²) in [6.45, 7) is 1.45. The molecule has 3 rings (SSSR count). The van der Waals surface area contributed by atoms with Crippen LogP contribution in [0.3, 0.4) is 0 Å². The van der Waals surface area contributed by atoms with Gasteiger partial charge in [0, 0.05) is 23.1 Å². The van der Waals surface area contributed by atoms with Crippen molar-refractivity contribution in [3.63, 3.8) is 0 Å². The molecule has 2 N–H and O–H groups in total. The van der Waals surface area contributed by atoms with Gasteiger partial charge in [0.05, 0.1) is 5.69 Å². The number of benzene rings is 2. The summed E-state index contributed by atoms with van der Waals surface area (Å²) in [5.74, 6) is -5.42. The van der Waals surface area contributed by atoms with Gasteiger partial charge in [0.25, 0.3) is 5.91 Å². The van der Waals surface area contributed by atoms with Crippen molar-refractivity contribution in [3.8, 4) is 0 Å². The molecule has 0 aliphatic carbocycles. The molecule has 142 valence electrons. The normalized spacial score (nSPS) is 10.4. The minimum Gasteiger partial charge on any atom is -0.355 e. The third kappa shape index (κ3) is 4.17. The molecule has 2 aromatic carbocycles. The molecule has 1 aromatic heterocycles. The van der Waals surface area contributed by atoms with Crippen molar-refractivity contribution >= 4 is 28.8 Å². The third-order valence-electron chi connectivity index (χ3n) is 3.83. The quantitative estimate of drug-likeness (QED) is 0.493. The monoisotopic (exact) mass is 385 g/mol. The van der Waals surface area contributed by atoms with Crippen LogP contribution in [0.4, 0.5) is 30.2 Å². The molecule has 0 radical (unpaired) electrons. The van der Waals surface area contributed by atoms with Crippen LogP contribution in [0, 0.1) is 17.5 Å². The Morgan fingerprint density at radius 3 is 2.43 bits per heavy atom. The fourth-order valence-corrected chi connectivity index (χ4v) is 2.42. The molecule has 0 bridgehead atoms. The highest BCUT2D eigenvalue weighted by atomic mass is 19.2. The number of rotatable bonds is 5. The molecular formula is C20H14F3N3O2. The zero-order valence-corrected chi connectivity index (χ0v) is 14.6. The molecule has 1 amide bonds. The van der Waals surface area contributed by atoms with E-state index in [9.17, 15) is 22.8 Å². The zero-order valence-electron chi connectivity index (χ0n) is 14.6. The number of amides is 1. The smallest absolute Gasteiger partial charge is 0.274 e. The van der Waals surface area contributed by atoms with E-state index in [2.05, 4.69) is 15.6 Å². The highest BCUT2D eigenvalue weighted by Crippen LogP contribution is 2.22. The van der Waals surface area contributed by atoms with Gasteiger partial charge in [-0.3, -0.25) is 14.6 Å². The Labute approximate surface area is 158 Å². The van der Waals surface area contributed by atoms with Gasteiger partial charge in [-0.1, -0.05) is 12.1 Å². The Kier molecular flexibility index (Phi) is 5.39. The van der Waals surface area contributed by atoms with E-state index in [4.69, 9.17) is 0 Å². The second kappa shape index (κ2) is 7.91. The number of aromatic nitrogens is 1. The first-order valence-electron chi connectivity index (χ1n) is 8.14. The van der Waals surface area contributed by atoms with Crippen LogP contribution in [0.25, 0.3) is 0 Å². The van der Waals surface area contributed by atoms with Crippen LogP contribution in [-0.2, 0) is 0 Å². The van der Waals surface area contributed by atoms with Crippen LogP contribution in [0.15, 0.2) is 54.7 Å². The molecule has 28 heavy (non-hydrogen) atoms. The Morgan fingerprint density at radius 2 is 1.68 bits per heavy atom. The Bertz CT molecular complexity index is 1070. The summed E-state index contributed by atoms with van der Waals surface area (Å²) in [6, 6.07) is 11.4. The van der Waals surface area contributed by atoms with Crippen molar-refractivity contribution < 1.29 is 22.8 Å². The van der Waals surface area contributed by atoms with Gasteiger partial charge in [0.15, 0.2) is 23.2 Å². The van der Waals surface area contributed by atoms with E-state index in [1.807, 2.05) is 0 Å². The van der Waals surface area contributed by atoms with Crippen molar-refractivity contribution in [3.05, 3.63) is 83.4 Å².